The van der Waals surface area contributed by atoms with Gasteiger partial charge in [0.25, 0.3) is 0 Å². The lowest BCUT2D eigenvalue weighted by atomic mass is 9.77. The first kappa shape index (κ1) is 30.4. The first-order valence-corrected chi connectivity index (χ1v) is 13.9. The summed E-state index contributed by atoms with van der Waals surface area (Å²) in [4.78, 5) is 24.0. The molecule has 42 heavy (non-hydrogen) atoms. The van der Waals surface area contributed by atoms with Gasteiger partial charge in [0.05, 0.1) is 7.11 Å². The summed E-state index contributed by atoms with van der Waals surface area (Å²) in [5.41, 5.74) is 5.45. The van der Waals surface area contributed by atoms with Crippen molar-refractivity contribution in [1.29, 1.82) is 0 Å². The predicted molar refractivity (Wildman–Crippen MR) is 164 cm³/mol. The molecule has 0 atom stereocenters. The highest BCUT2D eigenvalue weighted by Gasteiger charge is 2.26. The third-order valence-corrected chi connectivity index (χ3v) is 7.83. The molecule has 6 nitrogen and oxygen atoms in total. The van der Waals surface area contributed by atoms with Gasteiger partial charge in [0.2, 0.25) is 0 Å². The molecule has 0 aliphatic rings. The zero-order valence-electron chi connectivity index (χ0n) is 25.5. The van der Waals surface area contributed by atoms with Crippen LogP contribution in [0.25, 0.3) is 0 Å². The van der Waals surface area contributed by atoms with Crippen LogP contribution in [0.4, 0.5) is 4.79 Å². The monoisotopic (exact) mass is 566 g/mol. The molecule has 6 heteroatoms. The molecule has 0 aliphatic carbocycles. The number of esters is 1. The number of carbonyl (C=O) groups is 2. The van der Waals surface area contributed by atoms with E-state index in [1.165, 1.54) is 6.92 Å². The van der Waals surface area contributed by atoms with Gasteiger partial charge in [0, 0.05) is 17.8 Å². The molecule has 0 saturated carbocycles. The Morgan fingerprint density at radius 3 is 1.38 bits per heavy atom. The van der Waals surface area contributed by atoms with Crippen molar-refractivity contribution in [3.8, 4) is 23.0 Å². The van der Waals surface area contributed by atoms with E-state index in [2.05, 4.69) is 39.8 Å². The van der Waals surface area contributed by atoms with Crippen molar-refractivity contribution in [3.63, 3.8) is 0 Å². The minimum atomic E-state index is -0.802. The van der Waals surface area contributed by atoms with Gasteiger partial charge in [0.15, 0.2) is 0 Å². The van der Waals surface area contributed by atoms with E-state index in [-0.39, 0.29) is 16.8 Å². The summed E-state index contributed by atoms with van der Waals surface area (Å²) in [6.45, 7) is 13.7. The van der Waals surface area contributed by atoms with Crippen molar-refractivity contribution < 1.29 is 28.5 Å². The van der Waals surface area contributed by atoms with Gasteiger partial charge in [-0.3, -0.25) is 4.79 Å². The Labute approximate surface area is 248 Å². The second-order valence-electron chi connectivity index (χ2n) is 11.5. The van der Waals surface area contributed by atoms with Crippen molar-refractivity contribution in [2.75, 3.05) is 7.11 Å². The highest BCUT2D eigenvalue weighted by Crippen LogP contribution is 2.36. The van der Waals surface area contributed by atoms with Crippen LogP contribution >= 0.6 is 0 Å². The molecular formula is C36H38O6. The number of benzene rings is 4. The second kappa shape index (κ2) is 12.1. The molecule has 0 heterocycles. The summed E-state index contributed by atoms with van der Waals surface area (Å²) in [5, 5.41) is 0. The topological polar surface area (TPSA) is 71.1 Å². The number of methoxy groups -OCH3 is 1. The largest absolute Gasteiger partial charge is 0.519 e. The van der Waals surface area contributed by atoms with E-state index < -0.39 is 6.16 Å². The molecule has 0 aliphatic heterocycles. The molecule has 0 spiro atoms. The van der Waals surface area contributed by atoms with Gasteiger partial charge < -0.3 is 18.9 Å². The average molecular weight is 567 g/mol. The molecule has 4 rings (SSSR count). The Hall–Kier alpha value is -4.58. The fraction of sp³-hybridized carbons (Fsp3) is 0.278. The number of carbonyl (C=O) groups excluding carboxylic acids is 2. The smallest absolute Gasteiger partial charge is 0.497 e. The van der Waals surface area contributed by atoms with Gasteiger partial charge in [-0.05, 0) is 83.6 Å². The lowest BCUT2D eigenvalue weighted by Crippen LogP contribution is -2.20. The molecule has 0 unspecified atom stereocenters. The van der Waals surface area contributed by atoms with Crippen molar-refractivity contribution in [3.05, 3.63) is 118 Å². The zero-order valence-corrected chi connectivity index (χ0v) is 25.5. The van der Waals surface area contributed by atoms with Crippen LogP contribution in [0.3, 0.4) is 0 Å². The van der Waals surface area contributed by atoms with Crippen LogP contribution < -0.4 is 18.9 Å². The van der Waals surface area contributed by atoms with Gasteiger partial charge in [0.1, 0.15) is 23.0 Å². The molecule has 0 N–H and O–H groups in total. The first-order valence-electron chi connectivity index (χ1n) is 13.9. The SMILES string of the molecule is COc1ccc(C(C)(C)c2ccc(OC(=O)Oc3ccc(C(C)(C)c4ccc(OC(C)=O)c(C)c4)cc3C)cc2)cc1. The molecular weight excluding hydrogens is 528 g/mol. The van der Waals surface area contributed by atoms with Crippen LogP contribution in [0.2, 0.25) is 0 Å². The van der Waals surface area contributed by atoms with Gasteiger partial charge in [-0.1, -0.05) is 76.2 Å². The molecule has 0 saturated heterocycles. The fourth-order valence-corrected chi connectivity index (χ4v) is 4.95. The summed E-state index contributed by atoms with van der Waals surface area (Å²) in [5.74, 6) is 1.85. The Morgan fingerprint density at radius 1 is 0.548 bits per heavy atom. The van der Waals surface area contributed by atoms with Gasteiger partial charge >= 0.3 is 12.1 Å². The molecule has 0 radical (unpaired) electrons. The maximum absolute atomic E-state index is 12.7. The van der Waals surface area contributed by atoms with Gasteiger partial charge in [-0.2, -0.15) is 0 Å². The molecule has 4 aromatic rings. The Balaban J connectivity index is 1.43. The average Bonchev–Trinajstić information content (AvgIpc) is 2.95. The second-order valence-corrected chi connectivity index (χ2v) is 11.5. The van der Waals surface area contributed by atoms with Crippen molar-refractivity contribution in [2.24, 2.45) is 0 Å². The quantitative estimate of drug-likeness (QED) is 0.121. The van der Waals surface area contributed by atoms with Crippen LogP contribution in [0.1, 0.15) is 68.0 Å². The summed E-state index contributed by atoms with van der Waals surface area (Å²) >= 11 is 0. The zero-order chi connectivity index (χ0) is 30.7. The number of ether oxygens (including phenoxy) is 4. The Bertz CT molecular complexity index is 1580. The summed E-state index contributed by atoms with van der Waals surface area (Å²) in [6, 6.07) is 27.0. The summed E-state index contributed by atoms with van der Waals surface area (Å²) < 4.78 is 21.6. The third-order valence-electron chi connectivity index (χ3n) is 7.83. The van der Waals surface area contributed by atoms with Crippen molar-refractivity contribution in [1.82, 2.24) is 0 Å². The highest BCUT2D eigenvalue weighted by molar-refractivity contribution is 5.70. The lowest BCUT2D eigenvalue weighted by Gasteiger charge is -2.27. The van der Waals surface area contributed by atoms with Crippen LogP contribution in [0.5, 0.6) is 23.0 Å². The standard InChI is InChI=1S/C36H38O6/c1-23-21-28(13-19-32(23)40-25(3)37)36(6,7)29-14-20-33(24(2)22-29)42-34(38)41-31-17-11-27(12-18-31)35(4,5)26-9-15-30(39-8)16-10-26/h9-22H,1-8H3. The first-order chi connectivity index (χ1) is 19.8. The maximum Gasteiger partial charge on any atom is 0.519 e. The molecule has 4 aromatic carbocycles. The van der Waals surface area contributed by atoms with Crippen LogP contribution in [-0.2, 0) is 15.6 Å². The van der Waals surface area contributed by atoms with E-state index >= 15 is 0 Å². The van der Waals surface area contributed by atoms with Crippen LogP contribution in [0.15, 0.2) is 84.9 Å². The van der Waals surface area contributed by atoms with E-state index in [1.807, 2.05) is 68.4 Å². The van der Waals surface area contributed by atoms with Gasteiger partial charge in [-0.25, -0.2) is 4.79 Å². The lowest BCUT2D eigenvalue weighted by molar-refractivity contribution is -0.131. The summed E-state index contributed by atoms with van der Waals surface area (Å²) in [7, 11) is 1.65. The molecule has 0 fully saturated rings. The van der Waals surface area contributed by atoms with E-state index in [0.717, 1.165) is 39.1 Å². The fourth-order valence-electron chi connectivity index (χ4n) is 4.95. The van der Waals surface area contributed by atoms with Crippen LogP contribution in [-0.4, -0.2) is 19.2 Å². The van der Waals surface area contributed by atoms with E-state index in [0.29, 0.717) is 17.2 Å². The molecule has 0 amide bonds. The molecule has 0 aromatic heterocycles. The van der Waals surface area contributed by atoms with Crippen LogP contribution in [0, 0.1) is 13.8 Å². The third kappa shape index (κ3) is 6.65. The number of hydrogen-bond donors (Lipinski definition) is 0. The Morgan fingerprint density at radius 2 is 0.952 bits per heavy atom. The Kier molecular flexibility index (Phi) is 8.76. The van der Waals surface area contributed by atoms with E-state index in [9.17, 15) is 9.59 Å². The number of rotatable bonds is 8. The minimum absolute atomic E-state index is 0.249. The van der Waals surface area contributed by atoms with E-state index in [1.54, 1.807) is 25.3 Å². The predicted octanol–water partition coefficient (Wildman–Crippen LogP) is 8.47. The highest BCUT2D eigenvalue weighted by atomic mass is 16.7. The normalized spacial score (nSPS) is 11.5. The molecule has 218 valence electrons. The maximum atomic E-state index is 12.7. The van der Waals surface area contributed by atoms with Crippen molar-refractivity contribution in [2.45, 2.75) is 59.3 Å². The minimum Gasteiger partial charge on any atom is -0.497 e. The van der Waals surface area contributed by atoms with E-state index in [4.69, 9.17) is 18.9 Å². The van der Waals surface area contributed by atoms with Gasteiger partial charge in [-0.15, -0.1) is 0 Å². The van der Waals surface area contributed by atoms with Crippen molar-refractivity contribution >= 4 is 12.1 Å². The number of aryl methyl sites for hydroxylation is 2. The number of hydrogen-bond acceptors (Lipinski definition) is 6. The summed E-state index contributed by atoms with van der Waals surface area (Å²) in [6.07, 6.45) is -0.802. The molecule has 0 bridgehead atoms.